The van der Waals surface area contributed by atoms with Crippen LogP contribution >= 0.6 is 22.9 Å². The van der Waals surface area contributed by atoms with Gasteiger partial charge in [0.25, 0.3) is 5.91 Å². The van der Waals surface area contributed by atoms with E-state index in [1.807, 2.05) is 6.92 Å². The molecule has 0 unspecified atom stereocenters. The van der Waals surface area contributed by atoms with Crippen molar-refractivity contribution in [1.82, 2.24) is 9.88 Å². The van der Waals surface area contributed by atoms with Gasteiger partial charge in [-0.1, -0.05) is 18.5 Å². The zero-order chi connectivity index (χ0) is 18.7. The van der Waals surface area contributed by atoms with Crippen LogP contribution in [0.5, 0.6) is 11.5 Å². The number of anilines is 1. The molecule has 1 aliphatic rings. The Morgan fingerprint density at radius 1 is 1.42 bits per heavy atom. The van der Waals surface area contributed by atoms with E-state index in [9.17, 15) is 4.79 Å². The summed E-state index contributed by atoms with van der Waals surface area (Å²) in [5.74, 6) is 0.603. The topological polar surface area (TPSA) is 63.7 Å². The van der Waals surface area contributed by atoms with Gasteiger partial charge in [0, 0.05) is 30.0 Å². The molecular weight excluding hydrogens is 374 g/mol. The normalized spacial score (nSPS) is 14.0. The van der Waals surface area contributed by atoms with Gasteiger partial charge in [-0.25, -0.2) is 4.98 Å². The van der Waals surface area contributed by atoms with E-state index < -0.39 is 0 Å². The summed E-state index contributed by atoms with van der Waals surface area (Å²) in [5, 5.41) is 3.83. The van der Waals surface area contributed by atoms with Crippen molar-refractivity contribution in [2.24, 2.45) is 0 Å². The number of methoxy groups -OCH3 is 1. The van der Waals surface area contributed by atoms with Crippen molar-refractivity contribution >= 4 is 34.0 Å². The first-order chi connectivity index (χ1) is 12.5. The van der Waals surface area contributed by atoms with Gasteiger partial charge < -0.3 is 9.47 Å². The molecule has 8 heteroatoms. The number of carbonyl (C=O) groups excluding carboxylic acids is 1. The number of halogens is 1. The van der Waals surface area contributed by atoms with E-state index in [0.717, 1.165) is 31.7 Å². The van der Waals surface area contributed by atoms with Crippen molar-refractivity contribution in [3.63, 3.8) is 0 Å². The first-order valence-electron chi connectivity index (χ1n) is 8.58. The highest BCUT2D eigenvalue weighted by atomic mass is 35.5. The Hall–Kier alpha value is -1.83. The van der Waals surface area contributed by atoms with Crippen LogP contribution in [0.25, 0.3) is 0 Å². The van der Waals surface area contributed by atoms with E-state index in [4.69, 9.17) is 21.1 Å². The lowest BCUT2D eigenvalue weighted by Crippen LogP contribution is -2.29. The molecule has 1 aromatic heterocycles. The summed E-state index contributed by atoms with van der Waals surface area (Å²) >= 11 is 7.78. The molecule has 1 aliphatic heterocycles. The lowest BCUT2D eigenvalue weighted by atomic mass is 10.2. The van der Waals surface area contributed by atoms with Gasteiger partial charge in [-0.15, -0.1) is 11.3 Å². The molecule has 0 atom stereocenters. The van der Waals surface area contributed by atoms with E-state index in [1.54, 1.807) is 12.1 Å². The molecule has 0 spiro atoms. The molecule has 0 aliphatic carbocycles. The van der Waals surface area contributed by atoms with Gasteiger partial charge in [0.05, 0.1) is 24.4 Å². The third-order valence-electron chi connectivity index (χ3n) is 4.26. The van der Waals surface area contributed by atoms with E-state index in [-0.39, 0.29) is 5.91 Å². The minimum absolute atomic E-state index is 0.272. The average molecular weight is 396 g/mol. The quantitative estimate of drug-likeness (QED) is 0.805. The summed E-state index contributed by atoms with van der Waals surface area (Å²) in [7, 11) is 1.52. The fourth-order valence-corrected chi connectivity index (χ4v) is 4.19. The van der Waals surface area contributed by atoms with Crippen LogP contribution in [0.1, 0.15) is 34.8 Å². The van der Waals surface area contributed by atoms with Gasteiger partial charge >= 0.3 is 0 Å². The maximum absolute atomic E-state index is 12.6. The number of ether oxygens (including phenoxy) is 2. The van der Waals surface area contributed by atoms with E-state index in [0.29, 0.717) is 33.8 Å². The highest BCUT2D eigenvalue weighted by molar-refractivity contribution is 7.15. The molecule has 0 fully saturated rings. The fourth-order valence-electron chi connectivity index (χ4n) is 2.88. The number of carbonyl (C=O) groups is 1. The van der Waals surface area contributed by atoms with Gasteiger partial charge in [0.2, 0.25) is 0 Å². The third-order valence-corrected chi connectivity index (χ3v) is 5.54. The molecule has 0 saturated heterocycles. The summed E-state index contributed by atoms with van der Waals surface area (Å²) in [5.41, 5.74) is 1.48. The van der Waals surface area contributed by atoms with Crippen LogP contribution in [0, 0.1) is 0 Å². The number of aromatic nitrogens is 1. The number of rotatable bonds is 6. The lowest BCUT2D eigenvalue weighted by molar-refractivity contribution is 0.102. The summed E-state index contributed by atoms with van der Waals surface area (Å²) < 4.78 is 10.8. The van der Waals surface area contributed by atoms with E-state index in [2.05, 4.69) is 22.1 Å². The second kappa shape index (κ2) is 8.24. The molecule has 1 amide bonds. The summed E-state index contributed by atoms with van der Waals surface area (Å²) in [4.78, 5) is 20.8. The Morgan fingerprint density at radius 2 is 2.23 bits per heavy atom. The molecule has 26 heavy (non-hydrogen) atoms. The van der Waals surface area contributed by atoms with E-state index >= 15 is 0 Å². The Morgan fingerprint density at radius 3 is 2.92 bits per heavy atom. The molecule has 1 N–H and O–H groups in total. The van der Waals surface area contributed by atoms with Crippen LogP contribution in [0.3, 0.4) is 0 Å². The molecule has 2 heterocycles. The largest absolute Gasteiger partial charge is 0.493 e. The number of nitrogens with one attached hydrogen (secondary N) is 1. The van der Waals surface area contributed by atoms with Crippen molar-refractivity contribution < 1.29 is 14.3 Å². The number of amides is 1. The van der Waals surface area contributed by atoms with Crippen molar-refractivity contribution in [1.29, 1.82) is 0 Å². The van der Waals surface area contributed by atoms with Gasteiger partial charge in [0.15, 0.2) is 16.6 Å². The molecule has 0 saturated carbocycles. The maximum atomic E-state index is 12.6. The summed E-state index contributed by atoms with van der Waals surface area (Å²) in [6, 6.07) is 3.20. The SMILES string of the molecule is CCOc1c(Cl)cc(C(=O)Nc2nc3c(s2)CN(CC)CC3)cc1OC. The molecule has 3 rings (SSSR count). The predicted octanol–water partition coefficient (Wildman–Crippen LogP) is 3.83. The van der Waals surface area contributed by atoms with Gasteiger partial charge in [-0.2, -0.15) is 0 Å². The predicted molar refractivity (Wildman–Crippen MR) is 104 cm³/mol. The van der Waals surface area contributed by atoms with Gasteiger partial charge in [0.1, 0.15) is 0 Å². The van der Waals surface area contributed by atoms with Crippen LogP contribution in [-0.2, 0) is 13.0 Å². The summed E-state index contributed by atoms with van der Waals surface area (Å²) in [6.45, 7) is 7.39. The molecule has 0 radical (unpaired) electrons. The highest BCUT2D eigenvalue weighted by Crippen LogP contribution is 2.37. The third kappa shape index (κ3) is 3.95. The minimum atomic E-state index is -0.272. The van der Waals surface area contributed by atoms with Crippen LogP contribution in [-0.4, -0.2) is 42.6 Å². The number of benzene rings is 1. The van der Waals surface area contributed by atoms with Crippen molar-refractivity contribution in [3.05, 3.63) is 33.3 Å². The Labute approximate surface area is 162 Å². The molecule has 0 bridgehead atoms. The minimum Gasteiger partial charge on any atom is -0.493 e. The Kier molecular flexibility index (Phi) is 6.01. The van der Waals surface area contributed by atoms with Crippen molar-refractivity contribution in [2.45, 2.75) is 26.8 Å². The standard InChI is InChI=1S/C18H22ClN3O3S/c1-4-22-7-6-13-15(10-22)26-18(20-13)21-17(23)11-8-12(19)16(25-5-2)14(9-11)24-3/h8-9H,4-7,10H2,1-3H3,(H,20,21,23). The smallest absolute Gasteiger partial charge is 0.257 e. The van der Waals surface area contributed by atoms with Gasteiger partial charge in [-0.05, 0) is 25.6 Å². The molecule has 140 valence electrons. The number of fused-ring (bicyclic) bond motifs is 1. The monoisotopic (exact) mass is 395 g/mol. The van der Waals surface area contributed by atoms with Gasteiger partial charge in [-0.3, -0.25) is 15.0 Å². The second-order valence-electron chi connectivity index (χ2n) is 5.88. The number of likely N-dealkylation sites (N-methyl/N-ethyl adjacent to an activating group) is 1. The average Bonchev–Trinajstić information content (AvgIpc) is 3.04. The van der Waals surface area contributed by atoms with Crippen LogP contribution in [0.2, 0.25) is 5.02 Å². The number of thiazole rings is 1. The first kappa shape index (κ1) is 18.9. The zero-order valence-electron chi connectivity index (χ0n) is 15.1. The maximum Gasteiger partial charge on any atom is 0.257 e. The van der Waals surface area contributed by atoms with Crippen molar-refractivity contribution in [2.75, 3.05) is 32.1 Å². The number of hydrogen-bond acceptors (Lipinski definition) is 6. The Balaban J connectivity index is 1.78. The second-order valence-corrected chi connectivity index (χ2v) is 7.38. The first-order valence-corrected chi connectivity index (χ1v) is 9.77. The fraction of sp³-hybridized carbons (Fsp3) is 0.444. The molecule has 1 aromatic carbocycles. The lowest BCUT2D eigenvalue weighted by Gasteiger charge is -2.23. The Bertz CT molecular complexity index is 809. The number of hydrogen-bond donors (Lipinski definition) is 1. The summed E-state index contributed by atoms with van der Waals surface area (Å²) in [6.07, 6.45) is 0.915. The van der Waals surface area contributed by atoms with Crippen LogP contribution in [0.15, 0.2) is 12.1 Å². The van der Waals surface area contributed by atoms with E-state index in [1.165, 1.54) is 23.3 Å². The molecule has 6 nitrogen and oxygen atoms in total. The van der Waals surface area contributed by atoms with Crippen LogP contribution < -0.4 is 14.8 Å². The highest BCUT2D eigenvalue weighted by Gasteiger charge is 2.21. The van der Waals surface area contributed by atoms with Crippen LogP contribution in [0.4, 0.5) is 5.13 Å². The molecule has 2 aromatic rings. The zero-order valence-corrected chi connectivity index (χ0v) is 16.7. The number of nitrogens with zero attached hydrogens (tertiary/aromatic N) is 2. The molecular formula is C18H22ClN3O3S. The van der Waals surface area contributed by atoms with Crippen molar-refractivity contribution in [3.8, 4) is 11.5 Å².